The number of nitrogens with zero attached hydrogens (tertiary/aromatic N) is 3. The first-order valence-corrected chi connectivity index (χ1v) is 6.30. The fraction of sp³-hybridized carbons (Fsp3) is 0.818. The summed E-state index contributed by atoms with van der Waals surface area (Å²) in [5.41, 5.74) is 0.835. The topological polar surface area (TPSA) is 52.0 Å². The molecule has 1 aromatic rings. The summed E-state index contributed by atoms with van der Waals surface area (Å²) in [4.78, 5) is 0. The molecule has 1 fully saturated rings. The van der Waals surface area contributed by atoms with Gasteiger partial charge in [0.25, 0.3) is 0 Å². The van der Waals surface area contributed by atoms with Crippen LogP contribution in [0.25, 0.3) is 0 Å². The monoisotopic (exact) mass is 278 g/mol. The van der Waals surface area contributed by atoms with Crippen molar-refractivity contribution in [2.45, 2.75) is 44.6 Å². The zero-order chi connectivity index (χ0) is 13.7. The second-order valence-corrected chi connectivity index (χ2v) is 4.61. The summed E-state index contributed by atoms with van der Waals surface area (Å²) in [5.74, 6) is 0. The Hall–Kier alpha value is -1.15. The predicted octanol–water partition coefficient (Wildman–Crippen LogP) is 1.50. The van der Waals surface area contributed by atoms with Crippen LogP contribution in [0.5, 0.6) is 0 Å². The van der Waals surface area contributed by atoms with Crippen LogP contribution in [0.4, 0.5) is 13.2 Å². The Bertz CT molecular complexity index is 390. The Morgan fingerprint density at radius 2 is 2.16 bits per heavy atom. The highest BCUT2D eigenvalue weighted by molar-refractivity contribution is 4.94. The highest BCUT2D eigenvalue weighted by atomic mass is 19.4. The van der Waals surface area contributed by atoms with E-state index in [0.717, 1.165) is 5.69 Å². The van der Waals surface area contributed by atoms with Gasteiger partial charge in [-0.1, -0.05) is 5.21 Å². The summed E-state index contributed by atoms with van der Waals surface area (Å²) in [7, 11) is 0. The molecule has 0 unspecified atom stereocenters. The van der Waals surface area contributed by atoms with Crippen LogP contribution in [-0.2, 0) is 17.8 Å². The Morgan fingerprint density at radius 1 is 1.37 bits per heavy atom. The number of rotatable bonds is 8. The normalized spacial score (nSPS) is 15.9. The van der Waals surface area contributed by atoms with Crippen molar-refractivity contribution in [2.24, 2.45) is 0 Å². The molecule has 0 bridgehead atoms. The van der Waals surface area contributed by atoms with Crippen molar-refractivity contribution in [2.75, 3.05) is 13.2 Å². The van der Waals surface area contributed by atoms with Gasteiger partial charge in [0.2, 0.25) is 0 Å². The molecule has 0 radical (unpaired) electrons. The number of hydrogen-bond acceptors (Lipinski definition) is 4. The van der Waals surface area contributed by atoms with E-state index in [9.17, 15) is 13.2 Å². The molecule has 8 heteroatoms. The van der Waals surface area contributed by atoms with Crippen LogP contribution >= 0.6 is 0 Å². The number of hydrogen-bond donors (Lipinski definition) is 1. The number of ether oxygens (including phenoxy) is 1. The van der Waals surface area contributed by atoms with E-state index in [4.69, 9.17) is 4.74 Å². The Balaban J connectivity index is 1.57. The molecule has 1 saturated carbocycles. The minimum Gasteiger partial charge on any atom is -0.379 e. The first-order valence-electron chi connectivity index (χ1n) is 6.30. The van der Waals surface area contributed by atoms with Gasteiger partial charge in [0.1, 0.15) is 0 Å². The maximum Gasteiger partial charge on any atom is 0.391 e. The van der Waals surface area contributed by atoms with Gasteiger partial charge in [-0.15, -0.1) is 5.10 Å². The molecule has 1 aliphatic carbocycles. The van der Waals surface area contributed by atoms with Crippen molar-refractivity contribution in [3.8, 4) is 0 Å². The van der Waals surface area contributed by atoms with E-state index in [1.165, 1.54) is 12.8 Å². The van der Waals surface area contributed by atoms with Gasteiger partial charge in [-0.05, 0) is 12.8 Å². The lowest BCUT2D eigenvalue weighted by atomic mass is 10.4. The van der Waals surface area contributed by atoms with Gasteiger partial charge in [0, 0.05) is 18.8 Å². The van der Waals surface area contributed by atoms with E-state index < -0.39 is 12.6 Å². The third-order valence-corrected chi connectivity index (χ3v) is 2.73. The molecule has 5 nitrogen and oxygen atoms in total. The summed E-state index contributed by atoms with van der Waals surface area (Å²) in [6.45, 7) is 0.983. The second-order valence-electron chi connectivity index (χ2n) is 4.61. The van der Waals surface area contributed by atoms with Crippen LogP contribution in [0.3, 0.4) is 0 Å². The summed E-state index contributed by atoms with van der Waals surface area (Å²) >= 11 is 0. The molecule has 2 rings (SSSR count). The predicted molar refractivity (Wildman–Crippen MR) is 61.4 cm³/mol. The minimum atomic E-state index is -4.16. The van der Waals surface area contributed by atoms with Crippen molar-refractivity contribution in [3.05, 3.63) is 11.9 Å². The molecule has 19 heavy (non-hydrogen) atoms. The Morgan fingerprint density at radius 3 is 2.84 bits per heavy atom. The van der Waals surface area contributed by atoms with Gasteiger partial charge >= 0.3 is 6.18 Å². The van der Waals surface area contributed by atoms with E-state index in [-0.39, 0.29) is 13.2 Å². The highest BCUT2D eigenvalue weighted by Crippen LogP contribution is 2.19. The van der Waals surface area contributed by atoms with Gasteiger partial charge in [-0.25, -0.2) is 4.68 Å². The molecule has 0 aromatic carbocycles. The summed E-state index contributed by atoms with van der Waals surface area (Å²) in [6, 6.07) is 0.607. The molecule has 0 aliphatic heterocycles. The van der Waals surface area contributed by atoms with Gasteiger partial charge in [-0.2, -0.15) is 13.2 Å². The SMILES string of the molecule is FC(F)(F)CCOCCn1cc(CNC2CC2)nn1. The Kier molecular flexibility index (Phi) is 4.76. The standard InChI is InChI=1S/C11H17F3N4O/c12-11(13,14)3-5-19-6-4-18-8-10(16-17-18)7-15-9-1-2-9/h8-9,15H,1-7H2. The molecular formula is C11H17F3N4O. The highest BCUT2D eigenvalue weighted by Gasteiger charge is 2.26. The van der Waals surface area contributed by atoms with Crippen molar-refractivity contribution >= 4 is 0 Å². The fourth-order valence-electron chi connectivity index (χ4n) is 1.51. The van der Waals surface area contributed by atoms with E-state index >= 15 is 0 Å². The maximum atomic E-state index is 11.8. The van der Waals surface area contributed by atoms with E-state index in [1.54, 1.807) is 10.9 Å². The lowest BCUT2D eigenvalue weighted by molar-refractivity contribution is -0.145. The lowest BCUT2D eigenvalue weighted by Gasteiger charge is -2.06. The first-order chi connectivity index (χ1) is 9.03. The van der Waals surface area contributed by atoms with Crippen LogP contribution in [0.15, 0.2) is 6.20 Å². The smallest absolute Gasteiger partial charge is 0.379 e. The molecule has 1 heterocycles. The van der Waals surface area contributed by atoms with E-state index in [2.05, 4.69) is 15.6 Å². The maximum absolute atomic E-state index is 11.8. The van der Waals surface area contributed by atoms with Crippen molar-refractivity contribution in [3.63, 3.8) is 0 Å². The minimum absolute atomic E-state index is 0.203. The van der Waals surface area contributed by atoms with Crippen molar-refractivity contribution in [1.29, 1.82) is 0 Å². The van der Waals surface area contributed by atoms with Crippen LogP contribution in [0.1, 0.15) is 25.0 Å². The van der Waals surface area contributed by atoms with E-state index in [1.807, 2.05) is 0 Å². The average molecular weight is 278 g/mol. The van der Waals surface area contributed by atoms with Crippen molar-refractivity contribution < 1.29 is 17.9 Å². The first kappa shape index (κ1) is 14.3. The molecular weight excluding hydrogens is 261 g/mol. The molecule has 1 N–H and O–H groups in total. The third-order valence-electron chi connectivity index (χ3n) is 2.73. The van der Waals surface area contributed by atoms with Crippen LogP contribution in [0.2, 0.25) is 0 Å². The van der Waals surface area contributed by atoms with Crippen molar-refractivity contribution in [1.82, 2.24) is 20.3 Å². The molecule has 0 atom stereocenters. The zero-order valence-electron chi connectivity index (χ0n) is 10.5. The number of nitrogens with one attached hydrogen (secondary N) is 1. The Labute approximate surface area is 109 Å². The zero-order valence-corrected chi connectivity index (χ0v) is 10.5. The van der Waals surface area contributed by atoms with Gasteiger partial charge in [0.05, 0.1) is 31.9 Å². The molecule has 0 saturated heterocycles. The van der Waals surface area contributed by atoms with Gasteiger partial charge < -0.3 is 10.1 Å². The largest absolute Gasteiger partial charge is 0.391 e. The van der Waals surface area contributed by atoms with Gasteiger partial charge in [-0.3, -0.25) is 0 Å². The second kappa shape index (κ2) is 6.33. The quantitative estimate of drug-likeness (QED) is 0.732. The molecule has 108 valence electrons. The molecule has 0 spiro atoms. The molecule has 1 aliphatic rings. The lowest BCUT2D eigenvalue weighted by Crippen LogP contribution is -2.15. The van der Waals surface area contributed by atoms with E-state index in [0.29, 0.717) is 19.1 Å². The third kappa shape index (κ3) is 6.02. The van der Waals surface area contributed by atoms with Crippen LogP contribution in [-0.4, -0.2) is 40.4 Å². The number of alkyl halides is 3. The number of aromatic nitrogens is 3. The average Bonchev–Trinajstić information content (AvgIpc) is 3.05. The van der Waals surface area contributed by atoms with Crippen LogP contribution < -0.4 is 5.32 Å². The summed E-state index contributed by atoms with van der Waals surface area (Å²) in [6.07, 6.45) is -0.874. The fourth-order valence-corrected chi connectivity index (χ4v) is 1.51. The molecule has 0 amide bonds. The van der Waals surface area contributed by atoms with Crippen LogP contribution in [0, 0.1) is 0 Å². The van der Waals surface area contributed by atoms with Gasteiger partial charge in [0.15, 0.2) is 0 Å². The molecule has 1 aromatic heterocycles. The summed E-state index contributed by atoms with van der Waals surface area (Å²) in [5, 5.41) is 11.2. The number of halogens is 3. The summed E-state index contributed by atoms with van der Waals surface area (Å²) < 4.78 is 42.0.